The van der Waals surface area contributed by atoms with Crippen LogP contribution in [0.3, 0.4) is 0 Å². The van der Waals surface area contributed by atoms with Crippen LogP contribution in [0.4, 0.5) is 0 Å². The van der Waals surface area contributed by atoms with Crippen molar-refractivity contribution in [2.24, 2.45) is 11.8 Å². The summed E-state index contributed by atoms with van der Waals surface area (Å²) in [5, 5.41) is 1.45. The van der Waals surface area contributed by atoms with Gasteiger partial charge in [0.25, 0.3) is 0 Å². The fraction of sp³-hybridized carbons (Fsp3) is 0.800. The molecule has 0 heterocycles. The van der Waals surface area contributed by atoms with Crippen molar-refractivity contribution in [3.63, 3.8) is 0 Å². The molecule has 0 aromatic rings. The SMILES string of the molecule is CO[Si](OC)C1=C(C)C(C)CC1C. The average molecular weight is 199 g/mol. The molecule has 0 aliphatic heterocycles. The van der Waals surface area contributed by atoms with Gasteiger partial charge < -0.3 is 8.85 Å². The molecule has 0 bridgehead atoms. The zero-order valence-corrected chi connectivity index (χ0v) is 10.2. The van der Waals surface area contributed by atoms with Gasteiger partial charge in [0.1, 0.15) is 0 Å². The monoisotopic (exact) mass is 199 g/mol. The van der Waals surface area contributed by atoms with Gasteiger partial charge >= 0.3 is 9.28 Å². The van der Waals surface area contributed by atoms with Gasteiger partial charge in [0.05, 0.1) is 0 Å². The van der Waals surface area contributed by atoms with E-state index < -0.39 is 9.28 Å². The lowest BCUT2D eigenvalue weighted by molar-refractivity contribution is 0.283. The lowest BCUT2D eigenvalue weighted by Gasteiger charge is -2.15. The second-order valence-corrected chi connectivity index (χ2v) is 5.76. The van der Waals surface area contributed by atoms with E-state index in [1.807, 2.05) is 0 Å². The summed E-state index contributed by atoms with van der Waals surface area (Å²) < 4.78 is 10.8. The summed E-state index contributed by atoms with van der Waals surface area (Å²) in [7, 11) is 2.34. The Hall–Kier alpha value is -0.123. The van der Waals surface area contributed by atoms with Crippen LogP contribution in [0.15, 0.2) is 10.8 Å². The minimum Gasteiger partial charge on any atom is -0.393 e. The van der Waals surface area contributed by atoms with E-state index in [-0.39, 0.29) is 0 Å². The maximum Gasteiger partial charge on any atom is 0.418 e. The Kier molecular flexibility index (Phi) is 3.70. The Morgan fingerprint density at radius 3 is 2.00 bits per heavy atom. The first kappa shape index (κ1) is 11.0. The van der Waals surface area contributed by atoms with Gasteiger partial charge in [0.2, 0.25) is 0 Å². The molecular formula is C10H19O2Si. The fourth-order valence-electron chi connectivity index (χ4n) is 2.14. The first-order valence-corrected chi connectivity index (χ1v) is 6.09. The van der Waals surface area contributed by atoms with Gasteiger partial charge in [-0.25, -0.2) is 0 Å². The first-order valence-electron chi connectivity index (χ1n) is 4.77. The van der Waals surface area contributed by atoms with Crippen LogP contribution < -0.4 is 0 Å². The van der Waals surface area contributed by atoms with Crippen LogP contribution in [0.1, 0.15) is 27.2 Å². The van der Waals surface area contributed by atoms with Gasteiger partial charge in [-0.1, -0.05) is 19.4 Å². The summed E-state index contributed by atoms with van der Waals surface area (Å²) in [5.74, 6) is 1.35. The first-order chi connectivity index (χ1) is 6.11. The standard InChI is InChI=1S/C10H19O2Si/c1-7-6-8(2)10(9(7)3)13(11-4)12-5/h7-8H,6H2,1-5H3. The lowest BCUT2D eigenvalue weighted by Crippen LogP contribution is -2.25. The predicted octanol–water partition coefficient (Wildman–Crippen LogP) is 2.30. The zero-order chi connectivity index (χ0) is 10.0. The molecular weight excluding hydrogens is 180 g/mol. The summed E-state index contributed by atoms with van der Waals surface area (Å²) >= 11 is 0. The lowest BCUT2D eigenvalue weighted by atomic mass is 10.0. The number of rotatable bonds is 3. The second kappa shape index (κ2) is 4.40. The number of allylic oxidation sites excluding steroid dienone is 2. The van der Waals surface area contributed by atoms with Gasteiger partial charge in [0, 0.05) is 14.2 Å². The Morgan fingerprint density at radius 2 is 1.69 bits per heavy atom. The Balaban J connectivity index is 2.86. The third kappa shape index (κ3) is 2.03. The third-order valence-corrected chi connectivity index (χ3v) is 5.02. The smallest absolute Gasteiger partial charge is 0.393 e. The molecule has 2 unspecified atom stereocenters. The van der Waals surface area contributed by atoms with Crippen LogP contribution in [-0.2, 0) is 8.85 Å². The molecule has 1 aliphatic rings. The Morgan fingerprint density at radius 1 is 1.15 bits per heavy atom. The van der Waals surface area contributed by atoms with Gasteiger partial charge in [-0.05, 0) is 30.4 Å². The van der Waals surface area contributed by atoms with E-state index in [0.29, 0.717) is 11.8 Å². The highest BCUT2D eigenvalue weighted by atomic mass is 28.3. The highest BCUT2D eigenvalue weighted by Crippen LogP contribution is 2.37. The molecule has 0 aromatic heterocycles. The van der Waals surface area contributed by atoms with Gasteiger partial charge in [-0.2, -0.15) is 0 Å². The molecule has 0 N–H and O–H groups in total. The van der Waals surface area contributed by atoms with E-state index in [0.717, 1.165) is 0 Å². The van der Waals surface area contributed by atoms with Crippen LogP contribution in [0.25, 0.3) is 0 Å². The molecule has 0 saturated carbocycles. The van der Waals surface area contributed by atoms with Crippen LogP contribution in [0.2, 0.25) is 0 Å². The minimum atomic E-state index is -1.15. The van der Waals surface area contributed by atoms with Crippen molar-refractivity contribution < 1.29 is 8.85 Å². The van der Waals surface area contributed by atoms with E-state index in [9.17, 15) is 0 Å². The van der Waals surface area contributed by atoms with Gasteiger partial charge in [-0.3, -0.25) is 0 Å². The summed E-state index contributed by atoms with van der Waals surface area (Å²) in [6.45, 7) is 6.76. The van der Waals surface area contributed by atoms with E-state index in [2.05, 4.69) is 20.8 Å². The maximum atomic E-state index is 5.39. The fourth-order valence-corrected chi connectivity index (χ4v) is 3.84. The highest BCUT2D eigenvalue weighted by molar-refractivity contribution is 6.54. The van der Waals surface area contributed by atoms with Gasteiger partial charge in [-0.15, -0.1) is 0 Å². The van der Waals surface area contributed by atoms with E-state index >= 15 is 0 Å². The minimum absolute atomic E-state index is 0.642. The molecule has 0 spiro atoms. The van der Waals surface area contributed by atoms with Gasteiger partial charge in [0.15, 0.2) is 0 Å². The number of hydrogen-bond donors (Lipinski definition) is 0. The van der Waals surface area contributed by atoms with Crippen molar-refractivity contribution in [2.45, 2.75) is 27.2 Å². The van der Waals surface area contributed by atoms with Crippen molar-refractivity contribution in [2.75, 3.05) is 14.2 Å². The maximum absolute atomic E-state index is 5.39. The van der Waals surface area contributed by atoms with Crippen molar-refractivity contribution in [1.29, 1.82) is 0 Å². The largest absolute Gasteiger partial charge is 0.418 e. The summed E-state index contributed by atoms with van der Waals surface area (Å²) in [4.78, 5) is 0. The molecule has 0 fully saturated rings. The quantitative estimate of drug-likeness (QED) is 0.649. The number of hydrogen-bond acceptors (Lipinski definition) is 2. The molecule has 1 rings (SSSR count). The van der Waals surface area contributed by atoms with Crippen molar-refractivity contribution in [1.82, 2.24) is 0 Å². The van der Waals surface area contributed by atoms with Crippen LogP contribution in [0.5, 0.6) is 0 Å². The molecule has 0 saturated heterocycles. The van der Waals surface area contributed by atoms with Crippen molar-refractivity contribution in [3.8, 4) is 0 Å². The molecule has 2 atom stereocenters. The molecule has 75 valence electrons. The zero-order valence-electron chi connectivity index (χ0n) is 9.18. The van der Waals surface area contributed by atoms with Crippen LogP contribution in [-0.4, -0.2) is 23.5 Å². The highest BCUT2D eigenvalue weighted by Gasteiger charge is 2.33. The average Bonchev–Trinajstić information content (AvgIpc) is 2.34. The molecule has 2 nitrogen and oxygen atoms in total. The Bertz CT molecular complexity index is 209. The van der Waals surface area contributed by atoms with Crippen LogP contribution >= 0.6 is 0 Å². The van der Waals surface area contributed by atoms with Crippen molar-refractivity contribution in [3.05, 3.63) is 10.8 Å². The topological polar surface area (TPSA) is 18.5 Å². The van der Waals surface area contributed by atoms with Crippen LogP contribution in [0, 0.1) is 11.8 Å². The molecule has 0 amide bonds. The molecule has 13 heavy (non-hydrogen) atoms. The summed E-state index contributed by atoms with van der Waals surface area (Å²) in [6.07, 6.45) is 1.25. The second-order valence-electron chi connectivity index (χ2n) is 3.83. The van der Waals surface area contributed by atoms with Crippen molar-refractivity contribution >= 4 is 9.28 Å². The summed E-state index contributed by atoms with van der Waals surface area (Å²) in [5.41, 5.74) is 1.49. The molecule has 1 radical (unpaired) electrons. The summed E-state index contributed by atoms with van der Waals surface area (Å²) in [6, 6.07) is 0. The molecule has 1 aliphatic carbocycles. The molecule has 0 aromatic carbocycles. The van der Waals surface area contributed by atoms with E-state index in [1.54, 1.807) is 14.2 Å². The molecule has 3 heteroatoms. The predicted molar refractivity (Wildman–Crippen MR) is 55.4 cm³/mol. The normalized spacial score (nSPS) is 29.1. The third-order valence-electron chi connectivity index (χ3n) is 2.95. The van der Waals surface area contributed by atoms with E-state index in [4.69, 9.17) is 8.85 Å². The van der Waals surface area contributed by atoms with E-state index in [1.165, 1.54) is 17.2 Å². The Labute approximate surface area is 82.8 Å².